The van der Waals surface area contributed by atoms with Gasteiger partial charge in [-0.1, -0.05) is 12.1 Å². The number of nitriles is 2. The highest BCUT2D eigenvalue weighted by atomic mass is 127. The molecule has 1 aliphatic carbocycles. The van der Waals surface area contributed by atoms with E-state index < -0.39 is 5.91 Å². The summed E-state index contributed by atoms with van der Waals surface area (Å²) in [5.41, 5.74) is 3.16. The average molecular weight is 721 g/mol. The number of methoxy groups -OCH3 is 1. The Hall–Kier alpha value is -2.61. The zero-order valence-electron chi connectivity index (χ0n) is 19.4. The molecule has 1 heterocycles. The van der Waals surface area contributed by atoms with Crippen molar-refractivity contribution in [3.63, 3.8) is 0 Å². The number of hydrogen-bond acceptors (Lipinski definition) is 6. The summed E-state index contributed by atoms with van der Waals surface area (Å²) in [4.78, 5) is 14.1. The van der Waals surface area contributed by atoms with Gasteiger partial charge in [0.15, 0.2) is 11.5 Å². The van der Waals surface area contributed by atoms with E-state index in [-0.39, 0.29) is 5.57 Å². The van der Waals surface area contributed by atoms with Gasteiger partial charge in [0.05, 0.1) is 16.2 Å². The molecule has 0 saturated carbocycles. The molecule has 1 amide bonds. The van der Waals surface area contributed by atoms with E-state index in [1.165, 1.54) is 17.4 Å². The third-order valence-corrected chi connectivity index (χ3v) is 8.46. The first-order chi connectivity index (χ1) is 17.4. The number of fused-ring (bicyclic) bond motifs is 1. The van der Waals surface area contributed by atoms with Crippen molar-refractivity contribution in [3.05, 3.63) is 76.2 Å². The van der Waals surface area contributed by atoms with Gasteiger partial charge in [-0.05, 0) is 118 Å². The lowest BCUT2D eigenvalue weighted by atomic mass is 9.96. The number of anilines is 1. The summed E-state index contributed by atoms with van der Waals surface area (Å²) in [5.74, 6) is 0.564. The molecule has 0 bridgehead atoms. The second-order valence-corrected chi connectivity index (χ2v) is 11.6. The number of halogens is 2. The van der Waals surface area contributed by atoms with Gasteiger partial charge in [0, 0.05) is 8.45 Å². The highest BCUT2D eigenvalue weighted by Gasteiger charge is 2.23. The van der Waals surface area contributed by atoms with E-state index in [1.807, 2.05) is 36.4 Å². The van der Waals surface area contributed by atoms with E-state index in [2.05, 4.69) is 56.6 Å². The maximum atomic E-state index is 13.0. The summed E-state index contributed by atoms with van der Waals surface area (Å²) in [5, 5.41) is 22.7. The number of carbonyl (C=O) groups is 1. The number of nitrogens with one attached hydrogen (secondary N) is 1. The van der Waals surface area contributed by atoms with E-state index in [4.69, 9.17) is 9.47 Å². The van der Waals surface area contributed by atoms with Crippen LogP contribution in [0.15, 0.2) is 42.0 Å². The first-order valence-electron chi connectivity index (χ1n) is 11.2. The number of ether oxygens (including phenoxy) is 2. The molecule has 4 rings (SSSR count). The van der Waals surface area contributed by atoms with Crippen molar-refractivity contribution >= 4 is 73.5 Å². The molecule has 1 aromatic heterocycles. The fourth-order valence-electron chi connectivity index (χ4n) is 3.96. The van der Waals surface area contributed by atoms with Crippen molar-refractivity contribution in [1.29, 1.82) is 10.5 Å². The third kappa shape index (κ3) is 6.02. The molecule has 0 fully saturated rings. The van der Waals surface area contributed by atoms with E-state index in [1.54, 1.807) is 13.2 Å². The van der Waals surface area contributed by atoms with Crippen LogP contribution in [0.2, 0.25) is 0 Å². The Morgan fingerprint density at radius 3 is 2.61 bits per heavy atom. The fraction of sp³-hybridized carbons (Fsp3) is 0.222. The van der Waals surface area contributed by atoms with Gasteiger partial charge in [-0.25, -0.2) is 0 Å². The minimum absolute atomic E-state index is 0.0596. The lowest BCUT2D eigenvalue weighted by Gasteiger charge is -2.14. The molecular weight excluding hydrogens is 700 g/mol. The first kappa shape index (κ1) is 26.5. The second-order valence-electron chi connectivity index (χ2n) is 8.10. The number of rotatable bonds is 7. The summed E-state index contributed by atoms with van der Waals surface area (Å²) in [6, 6.07) is 15.9. The molecule has 2 aromatic carbocycles. The Bertz CT molecular complexity index is 1420. The SMILES string of the molecule is COc1cc(/C=C(\C#N)C(=O)Nc2sc3c(c2C#N)CCCC3)cc(I)c1OCc1ccc(I)cc1. The quantitative estimate of drug-likeness (QED) is 0.164. The second kappa shape index (κ2) is 12.1. The number of thiophene rings is 1. The van der Waals surface area contributed by atoms with E-state index in [0.717, 1.165) is 48.8 Å². The number of benzene rings is 2. The van der Waals surface area contributed by atoms with Crippen molar-refractivity contribution in [1.82, 2.24) is 0 Å². The summed E-state index contributed by atoms with van der Waals surface area (Å²) in [7, 11) is 1.55. The largest absolute Gasteiger partial charge is 0.493 e. The summed E-state index contributed by atoms with van der Waals surface area (Å²) < 4.78 is 13.5. The van der Waals surface area contributed by atoms with Crippen molar-refractivity contribution in [2.75, 3.05) is 12.4 Å². The number of amides is 1. The monoisotopic (exact) mass is 721 g/mol. The van der Waals surface area contributed by atoms with Gasteiger partial charge in [-0.3, -0.25) is 4.79 Å². The molecule has 0 spiro atoms. The minimum Gasteiger partial charge on any atom is -0.493 e. The normalized spacial score (nSPS) is 12.8. The Kier molecular flexibility index (Phi) is 8.88. The standard InChI is InChI=1S/C27H21I2N3O3S/c1-34-23-12-17(11-22(29)25(23)35-15-16-6-8-19(28)9-7-16)10-18(13-30)26(33)32-27-21(14-31)20-4-2-3-5-24(20)36-27/h6-12H,2-5,15H2,1H3,(H,32,33)/b18-10+. The number of carbonyl (C=O) groups excluding carboxylic acids is 1. The van der Waals surface area contributed by atoms with Crippen LogP contribution in [0.4, 0.5) is 5.00 Å². The summed E-state index contributed by atoms with van der Waals surface area (Å²) >= 11 is 5.85. The molecule has 0 saturated heterocycles. The molecule has 1 N–H and O–H groups in total. The van der Waals surface area contributed by atoms with Gasteiger partial charge in [0.25, 0.3) is 5.91 Å². The maximum absolute atomic E-state index is 13.0. The van der Waals surface area contributed by atoms with Crippen LogP contribution in [-0.4, -0.2) is 13.0 Å². The Morgan fingerprint density at radius 1 is 1.17 bits per heavy atom. The highest BCUT2D eigenvalue weighted by Crippen LogP contribution is 2.38. The zero-order chi connectivity index (χ0) is 25.7. The van der Waals surface area contributed by atoms with Gasteiger partial charge in [0.1, 0.15) is 29.3 Å². The van der Waals surface area contributed by atoms with Crippen LogP contribution in [0.25, 0.3) is 6.08 Å². The molecular formula is C27H21I2N3O3S. The Morgan fingerprint density at radius 2 is 1.92 bits per heavy atom. The topological polar surface area (TPSA) is 95.1 Å². The van der Waals surface area contributed by atoms with Gasteiger partial charge in [-0.15, -0.1) is 11.3 Å². The molecule has 9 heteroatoms. The smallest absolute Gasteiger partial charge is 0.266 e. The van der Waals surface area contributed by atoms with Crippen LogP contribution in [0.3, 0.4) is 0 Å². The van der Waals surface area contributed by atoms with Gasteiger partial charge in [-0.2, -0.15) is 10.5 Å². The molecule has 3 aromatic rings. The van der Waals surface area contributed by atoms with Crippen LogP contribution in [0, 0.1) is 29.8 Å². The predicted octanol–water partition coefficient (Wildman–Crippen LogP) is 6.84. The third-order valence-electron chi connectivity index (χ3n) is 5.73. The van der Waals surface area contributed by atoms with Crippen molar-refractivity contribution in [2.45, 2.75) is 32.3 Å². The summed E-state index contributed by atoms with van der Waals surface area (Å²) in [6.45, 7) is 0.385. The molecule has 1 aliphatic rings. The van der Waals surface area contributed by atoms with Crippen molar-refractivity contribution < 1.29 is 14.3 Å². The minimum atomic E-state index is -0.541. The Labute approximate surface area is 241 Å². The maximum Gasteiger partial charge on any atom is 0.266 e. The average Bonchev–Trinajstić information content (AvgIpc) is 3.24. The Balaban J connectivity index is 1.55. The van der Waals surface area contributed by atoms with Gasteiger partial charge in [0.2, 0.25) is 0 Å². The number of hydrogen-bond donors (Lipinski definition) is 1. The molecule has 6 nitrogen and oxygen atoms in total. The molecule has 0 unspecified atom stereocenters. The van der Waals surface area contributed by atoms with E-state index >= 15 is 0 Å². The molecule has 0 atom stereocenters. The lowest BCUT2D eigenvalue weighted by Crippen LogP contribution is -2.13. The molecule has 182 valence electrons. The summed E-state index contributed by atoms with van der Waals surface area (Å²) in [6.07, 6.45) is 5.41. The molecule has 0 aliphatic heterocycles. The number of nitrogens with zero attached hydrogens (tertiary/aromatic N) is 2. The number of aryl methyl sites for hydroxylation is 1. The van der Waals surface area contributed by atoms with Gasteiger partial charge < -0.3 is 14.8 Å². The predicted molar refractivity (Wildman–Crippen MR) is 157 cm³/mol. The lowest BCUT2D eigenvalue weighted by molar-refractivity contribution is -0.112. The van der Waals surface area contributed by atoms with Crippen LogP contribution in [0.5, 0.6) is 11.5 Å². The van der Waals surface area contributed by atoms with Crippen LogP contribution < -0.4 is 14.8 Å². The van der Waals surface area contributed by atoms with Crippen LogP contribution >= 0.6 is 56.5 Å². The van der Waals surface area contributed by atoms with Gasteiger partial charge >= 0.3 is 0 Å². The highest BCUT2D eigenvalue weighted by molar-refractivity contribution is 14.1. The van der Waals surface area contributed by atoms with Crippen molar-refractivity contribution in [3.8, 4) is 23.6 Å². The van der Waals surface area contributed by atoms with E-state index in [0.29, 0.717) is 34.2 Å². The fourth-order valence-corrected chi connectivity index (χ4v) is 6.33. The first-order valence-corrected chi connectivity index (χ1v) is 14.1. The van der Waals surface area contributed by atoms with E-state index in [9.17, 15) is 15.3 Å². The molecule has 0 radical (unpaired) electrons. The zero-order valence-corrected chi connectivity index (χ0v) is 24.5. The van der Waals surface area contributed by atoms with Crippen LogP contribution in [0.1, 0.15) is 40.0 Å². The molecule has 36 heavy (non-hydrogen) atoms. The van der Waals surface area contributed by atoms with Crippen LogP contribution in [-0.2, 0) is 24.2 Å². The van der Waals surface area contributed by atoms with Crippen molar-refractivity contribution in [2.24, 2.45) is 0 Å².